The van der Waals surface area contributed by atoms with Crippen molar-refractivity contribution in [2.45, 2.75) is 89.3 Å². The summed E-state index contributed by atoms with van der Waals surface area (Å²) in [5, 5.41) is 0. The maximum atomic E-state index is 14.6. The zero-order chi connectivity index (χ0) is 19.1. The number of allylic oxidation sites excluding steroid dienone is 1. The smallest absolute Gasteiger partial charge is 0.157 e. The zero-order valence-corrected chi connectivity index (χ0v) is 15.8. The molecule has 2 nitrogen and oxygen atoms in total. The lowest BCUT2D eigenvalue weighted by molar-refractivity contribution is -0.119. The largest absolute Gasteiger partial charge is 0.375 e. The van der Waals surface area contributed by atoms with Crippen molar-refractivity contribution in [3.05, 3.63) is 12.2 Å². The first-order valence-electron chi connectivity index (χ1n) is 9.91. The normalized spacial score (nSPS) is 41.6. The third kappa shape index (κ3) is 5.22. The average Bonchev–Trinajstić information content (AvgIpc) is 2.63. The fraction of sp³-hybridized carbons (Fsp3) is 0.900. The standard InChI is InChI=1S/C20H32F4O2/c1-3-5-11-25-15-9-7-13(17(21)19(15)23)14-8-10-16(20(24)18(14)22)26-12-6-4-2/h3,5,13-20H,4,6-12H2,1-2H3. The monoisotopic (exact) mass is 380 g/mol. The summed E-state index contributed by atoms with van der Waals surface area (Å²) < 4.78 is 69.0. The lowest BCUT2D eigenvalue weighted by Gasteiger charge is -2.43. The molecule has 2 saturated carbocycles. The quantitative estimate of drug-likeness (QED) is 0.323. The number of alkyl halides is 4. The Hall–Kier alpha value is -0.620. The van der Waals surface area contributed by atoms with Gasteiger partial charge in [0.15, 0.2) is 12.3 Å². The Labute approximate surface area is 154 Å². The van der Waals surface area contributed by atoms with Crippen molar-refractivity contribution in [3.8, 4) is 0 Å². The minimum Gasteiger partial charge on any atom is -0.375 e. The Morgan fingerprint density at radius 2 is 1.35 bits per heavy atom. The highest BCUT2D eigenvalue weighted by Gasteiger charge is 2.50. The van der Waals surface area contributed by atoms with Gasteiger partial charge in [-0.15, -0.1) is 0 Å². The van der Waals surface area contributed by atoms with E-state index in [0.717, 1.165) is 12.8 Å². The van der Waals surface area contributed by atoms with Crippen molar-refractivity contribution in [1.29, 1.82) is 0 Å². The second-order valence-electron chi connectivity index (χ2n) is 7.46. The van der Waals surface area contributed by atoms with Gasteiger partial charge in [-0.3, -0.25) is 0 Å². The fourth-order valence-electron chi connectivity index (χ4n) is 4.14. The molecule has 6 heteroatoms. The van der Waals surface area contributed by atoms with Crippen LogP contribution >= 0.6 is 0 Å². The van der Waals surface area contributed by atoms with Crippen LogP contribution in [0.25, 0.3) is 0 Å². The second kappa shape index (κ2) is 10.6. The molecule has 8 atom stereocenters. The summed E-state index contributed by atoms with van der Waals surface area (Å²) in [4.78, 5) is 0. The maximum Gasteiger partial charge on any atom is 0.157 e. The number of halogens is 4. The van der Waals surface area contributed by atoms with Crippen LogP contribution < -0.4 is 0 Å². The Balaban J connectivity index is 1.90. The van der Waals surface area contributed by atoms with Gasteiger partial charge in [0.1, 0.15) is 12.3 Å². The number of hydrogen-bond acceptors (Lipinski definition) is 2. The highest BCUT2D eigenvalue weighted by molar-refractivity contribution is 4.99. The average molecular weight is 380 g/mol. The van der Waals surface area contributed by atoms with Crippen LogP contribution in [0.4, 0.5) is 17.6 Å². The minimum absolute atomic E-state index is 0.234. The number of unbranched alkanes of at least 4 members (excludes halogenated alkanes) is 1. The Morgan fingerprint density at radius 1 is 0.808 bits per heavy atom. The molecule has 0 radical (unpaired) electrons. The van der Waals surface area contributed by atoms with Crippen molar-refractivity contribution >= 4 is 0 Å². The molecule has 2 fully saturated rings. The van der Waals surface area contributed by atoms with Gasteiger partial charge in [0.2, 0.25) is 0 Å². The molecule has 0 saturated heterocycles. The molecule has 0 aromatic heterocycles. The van der Waals surface area contributed by atoms with Gasteiger partial charge in [-0.2, -0.15) is 0 Å². The second-order valence-corrected chi connectivity index (χ2v) is 7.46. The Morgan fingerprint density at radius 3 is 1.85 bits per heavy atom. The highest BCUT2D eigenvalue weighted by Crippen LogP contribution is 2.44. The predicted octanol–water partition coefficient (Wildman–Crippen LogP) is 5.31. The fourth-order valence-corrected chi connectivity index (χ4v) is 4.14. The molecule has 0 aromatic rings. The van der Waals surface area contributed by atoms with E-state index in [-0.39, 0.29) is 6.61 Å². The third-order valence-electron chi connectivity index (χ3n) is 5.73. The van der Waals surface area contributed by atoms with E-state index in [4.69, 9.17) is 9.47 Å². The van der Waals surface area contributed by atoms with Gasteiger partial charge in [-0.25, -0.2) is 17.6 Å². The van der Waals surface area contributed by atoms with E-state index in [1.807, 2.05) is 13.8 Å². The molecule has 2 aliphatic carbocycles. The van der Waals surface area contributed by atoms with E-state index in [2.05, 4.69) is 0 Å². The summed E-state index contributed by atoms with van der Waals surface area (Å²) in [5.74, 6) is -1.59. The van der Waals surface area contributed by atoms with E-state index in [1.165, 1.54) is 0 Å². The molecule has 0 bridgehead atoms. The Bertz CT molecular complexity index is 434. The molecule has 0 N–H and O–H groups in total. The van der Waals surface area contributed by atoms with Gasteiger partial charge in [0, 0.05) is 6.61 Å². The van der Waals surface area contributed by atoms with Crippen LogP contribution in [0.3, 0.4) is 0 Å². The van der Waals surface area contributed by atoms with Gasteiger partial charge < -0.3 is 9.47 Å². The van der Waals surface area contributed by atoms with Crippen LogP contribution in [-0.4, -0.2) is 50.1 Å². The first-order chi connectivity index (χ1) is 12.5. The predicted molar refractivity (Wildman–Crippen MR) is 94.2 cm³/mol. The summed E-state index contributed by atoms with van der Waals surface area (Å²) in [6.07, 6.45) is -2.17. The number of ether oxygens (including phenoxy) is 2. The SMILES string of the molecule is CC=CCOC1CCC(C2CCC(OCCCC)C(F)C2F)C(F)C1F. The molecular formula is C20H32F4O2. The first-order valence-corrected chi connectivity index (χ1v) is 9.91. The van der Waals surface area contributed by atoms with Gasteiger partial charge in [-0.05, 0) is 50.9 Å². The van der Waals surface area contributed by atoms with E-state index >= 15 is 0 Å². The molecular weight excluding hydrogens is 348 g/mol. The zero-order valence-electron chi connectivity index (χ0n) is 15.8. The molecule has 0 aromatic carbocycles. The molecule has 26 heavy (non-hydrogen) atoms. The van der Waals surface area contributed by atoms with Crippen LogP contribution in [0, 0.1) is 11.8 Å². The molecule has 0 aliphatic heterocycles. The minimum atomic E-state index is -1.81. The summed E-state index contributed by atoms with van der Waals surface area (Å²) in [5.41, 5.74) is 0. The lowest BCUT2D eigenvalue weighted by atomic mass is 9.69. The highest BCUT2D eigenvalue weighted by atomic mass is 19.2. The molecule has 0 heterocycles. The van der Waals surface area contributed by atoms with Crippen LogP contribution in [0.1, 0.15) is 52.4 Å². The summed E-state index contributed by atoms with van der Waals surface area (Å²) in [6.45, 7) is 4.46. The Kier molecular flexibility index (Phi) is 8.88. The van der Waals surface area contributed by atoms with Gasteiger partial charge in [0.25, 0.3) is 0 Å². The van der Waals surface area contributed by atoms with Crippen LogP contribution in [0.5, 0.6) is 0 Å². The summed E-state index contributed by atoms with van der Waals surface area (Å²) in [6, 6.07) is 0. The molecule has 0 amide bonds. The van der Waals surface area contributed by atoms with E-state index in [1.54, 1.807) is 12.2 Å². The van der Waals surface area contributed by atoms with Crippen molar-refractivity contribution < 1.29 is 27.0 Å². The molecule has 152 valence electrons. The van der Waals surface area contributed by atoms with E-state index in [0.29, 0.717) is 32.3 Å². The molecule has 2 aliphatic rings. The topological polar surface area (TPSA) is 18.5 Å². The summed E-state index contributed by atoms with van der Waals surface area (Å²) >= 11 is 0. The van der Waals surface area contributed by atoms with Crippen molar-refractivity contribution in [3.63, 3.8) is 0 Å². The van der Waals surface area contributed by atoms with Crippen LogP contribution in [-0.2, 0) is 9.47 Å². The van der Waals surface area contributed by atoms with Crippen molar-refractivity contribution in [2.24, 2.45) is 11.8 Å². The number of rotatable bonds is 8. The third-order valence-corrected chi connectivity index (χ3v) is 5.73. The van der Waals surface area contributed by atoms with E-state index in [9.17, 15) is 17.6 Å². The maximum absolute atomic E-state index is 14.6. The number of hydrogen-bond donors (Lipinski definition) is 0. The lowest BCUT2D eigenvalue weighted by Crippen LogP contribution is -2.51. The van der Waals surface area contributed by atoms with Crippen molar-refractivity contribution in [2.75, 3.05) is 13.2 Å². The van der Waals surface area contributed by atoms with Crippen LogP contribution in [0.2, 0.25) is 0 Å². The van der Waals surface area contributed by atoms with Gasteiger partial charge in [-0.1, -0.05) is 25.5 Å². The molecule has 0 spiro atoms. The molecule has 8 unspecified atom stereocenters. The van der Waals surface area contributed by atoms with Gasteiger partial charge in [0.05, 0.1) is 18.8 Å². The summed E-state index contributed by atoms with van der Waals surface area (Å²) in [7, 11) is 0. The van der Waals surface area contributed by atoms with Gasteiger partial charge >= 0.3 is 0 Å². The van der Waals surface area contributed by atoms with Crippen molar-refractivity contribution in [1.82, 2.24) is 0 Å². The first kappa shape index (κ1) is 21.7. The van der Waals surface area contributed by atoms with E-state index < -0.39 is 48.7 Å². The van der Waals surface area contributed by atoms with Crippen LogP contribution in [0.15, 0.2) is 12.2 Å². The molecule has 2 rings (SSSR count).